The Hall–Kier alpha value is -2.17. The molecular weight excluding hydrogens is 268 g/mol. The van der Waals surface area contributed by atoms with Gasteiger partial charge in [-0.1, -0.05) is 6.08 Å². The van der Waals surface area contributed by atoms with Crippen molar-refractivity contribution in [2.45, 2.75) is 38.7 Å². The highest BCUT2D eigenvalue weighted by Crippen LogP contribution is 2.18. The third-order valence-electron chi connectivity index (χ3n) is 3.34. The molecule has 1 aromatic heterocycles. The Morgan fingerprint density at radius 1 is 1.43 bits per heavy atom. The molecule has 0 saturated carbocycles. The van der Waals surface area contributed by atoms with Crippen LogP contribution in [0.5, 0.6) is 0 Å². The van der Waals surface area contributed by atoms with Gasteiger partial charge < -0.3 is 10.1 Å². The largest absolute Gasteiger partial charge is 0.457 e. The Bertz CT molecular complexity index is 526. The SMILES string of the molecule is C[C@@H](CNC(=O)c1cccnc1)OC(=O)C1=CCCCC1. The minimum atomic E-state index is -0.360. The summed E-state index contributed by atoms with van der Waals surface area (Å²) < 4.78 is 5.34. The van der Waals surface area contributed by atoms with Crippen molar-refractivity contribution in [2.75, 3.05) is 6.54 Å². The summed E-state index contributed by atoms with van der Waals surface area (Å²) in [7, 11) is 0. The van der Waals surface area contributed by atoms with Gasteiger partial charge in [-0.15, -0.1) is 0 Å². The number of hydrogen-bond acceptors (Lipinski definition) is 4. The monoisotopic (exact) mass is 288 g/mol. The van der Waals surface area contributed by atoms with Crippen LogP contribution in [-0.4, -0.2) is 29.5 Å². The summed E-state index contributed by atoms with van der Waals surface area (Å²) in [5.41, 5.74) is 1.25. The number of allylic oxidation sites excluding steroid dienone is 1. The van der Waals surface area contributed by atoms with E-state index in [1.807, 2.05) is 6.08 Å². The van der Waals surface area contributed by atoms with Gasteiger partial charge in [-0.2, -0.15) is 0 Å². The van der Waals surface area contributed by atoms with E-state index in [0.29, 0.717) is 5.56 Å². The van der Waals surface area contributed by atoms with Gasteiger partial charge >= 0.3 is 5.97 Å². The van der Waals surface area contributed by atoms with E-state index in [-0.39, 0.29) is 24.5 Å². The number of carbonyl (C=O) groups is 2. The molecule has 0 spiro atoms. The number of pyridine rings is 1. The maximum Gasteiger partial charge on any atom is 0.333 e. The summed E-state index contributed by atoms with van der Waals surface area (Å²) in [5.74, 6) is -0.485. The number of hydrogen-bond donors (Lipinski definition) is 1. The highest BCUT2D eigenvalue weighted by Gasteiger charge is 2.17. The number of nitrogens with zero attached hydrogens (tertiary/aromatic N) is 1. The average Bonchev–Trinajstić information content (AvgIpc) is 2.54. The van der Waals surface area contributed by atoms with Crippen LogP contribution >= 0.6 is 0 Å². The number of esters is 1. The van der Waals surface area contributed by atoms with E-state index in [0.717, 1.165) is 31.3 Å². The second kappa shape index (κ2) is 7.57. The lowest BCUT2D eigenvalue weighted by molar-refractivity contribution is -0.143. The van der Waals surface area contributed by atoms with Crippen molar-refractivity contribution in [1.29, 1.82) is 0 Å². The molecule has 1 heterocycles. The van der Waals surface area contributed by atoms with Gasteiger partial charge in [0.25, 0.3) is 5.91 Å². The van der Waals surface area contributed by atoms with Crippen LogP contribution in [0.25, 0.3) is 0 Å². The molecule has 21 heavy (non-hydrogen) atoms. The molecule has 1 aliphatic carbocycles. The molecule has 0 bridgehead atoms. The lowest BCUT2D eigenvalue weighted by atomic mass is 10.00. The van der Waals surface area contributed by atoms with E-state index in [2.05, 4.69) is 10.3 Å². The molecule has 0 aliphatic heterocycles. The van der Waals surface area contributed by atoms with E-state index in [4.69, 9.17) is 4.74 Å². The zero-order chi connectivity index (χ0) is 15.1. The van der Waals surface area contributed by atoms with Crippen LogP contribution in [0.1, 0.15) is 43.0 Å². The Balaban J connectivity index is 1.77. The van der Waals surface area contributed by atoms with Crippen LogP contribution in [-0.2, 0) is 9.53 Å². The van der Waals surface area contributed by atoms with E-state index < -0.39 is 0 Å². The smallest absolute Gasteiger partial charge is 0.333 e. The van der Waals surface area contributed by atoms with Crippen molar-refractivity contribution in [3.63, 3.8) is 0 Å². The molecule has 0 saturated heterocycles. The van der Waals surface area contributed by atoms with E-state index >= 15 is 0 Å². The summed E-state index contributed by atoms with van der Waals surface area (Å²) in [6.07, 6.45) is 8.59. The Morgan fingerprint density at radius 2 is 2.29 bits per heavy atom. The predicted octanol–water partition coefficient (Wildman–Crippen LogP) is 2.24. The highest BCUT2D eigenvalue weighted by atomic mass is 16.5. The predicted molar refractivity (Wildman–Crippen MR) is 78.7 cm³/mol. The number of rotatable bonds is 5. The van der Waals surface area contributed by atoms with Gasteiger partial charge in [0, 0.05) is 18.0 Å². The molecule has 1 aliphatic rings. The lowest BCUT2D eigenvalue weighted by Crippen LogP contribution is -2.33. The number of ether oxygens (including phenoxy) is 1. The Morgan fingerprint density at radius 3 is 2.95 bits per heavy atom. The molecule has 0 fully saturated rings. The van der Waals surface area contributed by atoms with Crippen LogP contribution in [0, 0.1) is 0 Å². The fourth-order valence-electron chi connectivity index (χ4n) is 2.16. The first-order valence-electron chi connectivity index (χ1n) is 7.25. The maximum absolute atomic E-state index is 11.9. The summed E-state index contributed by atoms with van der Waals surface area (Å²) in [4.78, 5) is 27.6. The Labute approximate surface area is 124 Å². The van der Waals surface area contributed by atoms with Gasteiger partial charge in [0.05, 0.1) is 12.1 Å². The normalized spacial score (nSPS) is 15.8. The van der Waals surface area contributed by atoms with Crippen LogP contribution in [0.2, 0.25) is 0 Å². The fourth-order valence-corrected chi connectivity index (χ4v) is 2.16. The summed E-state index contributed by atoms with van der Waals surface area (Å²) in [6, 6.07) is 3.39. The Kier molecular flexibility index (Phi) is 5.49. The minimum absolute atomic E-state index is 0.220. The molecule has 1 amide bonds. The summed E-state index contributed by atoms with van der Waals surface area (Å²) >= 11 is 0. The molecule has 112 valence electrons. The van der Waals surface area contributed by atoms with Crippen LogP contribution in [0.4, 0.5) is 0 Å². The second-order valence-corrected chi connectivity index (χ2v) is 5.14. The molecule has 0 radical (unpaired) electrons. The van der Waals surface area contributed by atoms with Gasteiger partial charge in [-0.3, -0.25) is 9.78 Å². The van der Waals surface area contributed by atoms with Gasteiger partial charge in [0.1, 0.15) is 6.10 Å². The standard InChI is InChI=1S/C16H20N2O3/c1-12(21-16(20)13-6-3-2-4-7-13)10-18-15(19)14-8-5-9-17-11-14/h5-6,8-9,11-12H,2-4,7,10H2,1H3,(H,18,19)/t12-/m0/s1. The fraction of sp³-hybridized carbons (Fsp3) is 0.438. The van der Waals surface area contributed by atoms with Crippen molar-refractivity contribution in [3.8, 4) is 0 Å². The molecular formula is C16H20N2O3. The molecule has 0 aromatic carbocycles. The van der Waals surface area contributed by atoms with Gasteiger partial charge in [-0.05, 0) is 44.7 Å². The summed E-state index contributed by atoms with van der Waals surface area (Å²) in [5, 5.41) is 2.73. The first-order valence-corrected chi connectivity index (χ1v) is 7.25. The van der Waals surface area contributed by atoms with E-state index in [9.17, 15) is 9.59 Å². The second-order valence-electron chi connectivity index (χ2n) is 5.14. The zero-order valence-corrected chi connectivity index (χ0v) is 12.2. The third-order valence-corrected chi connectivity index (χ3v) is 3.34. The maximum atomic E-state index is 11.9. The minimum Gasteiger partial charge on any atom is -0.457 e. The zero-order valence-electron chi connectivity index (χ0n) is 12.2. The number of amides is 1. The van der Waals surface area contributed by atoms with Gasteiger partial charge in [-0.25, -0.2) is 4.79 Å². The van der Waals surface area contributed by atoms with Crippen LogP contribution in [0.15, 0.2) is 36.2 Å². The molecule has 5 nitrogen and oxygen atoms in total. The first-order chi connectivity index (χ1) is 10.2. The first kappa shape index (κ1) is 15.2. The number of nitrogens with one attached hydrogen (secondary N) is 1. The molecule has 2 rings (SSSR count). The van der Waals surface area contributed by atoms with Crippen molar-refractivity contribution in [2.24, 2.45) is 0 Å². The molecule has 1 atom stereocenters. The van der Waals surface area contributed by atoms with Crippen molar-refractivity contribution in [3.05, 3.63) is 41.7 Å². The van der Waals surface area contributed by atoms with Gasteiger partial charge in [0.15, 0.2) is 0 Å². The topological polar surface area (TPSA) is 68.3 Å². The molecule has 5 heteroatoms. The molecule has 1 N–H and O–H groups in total. The molecule has 1 aromatic rings. The summed E-state index contributed by atoms with van der Waals surface area (Å²) in [6.45, 7) is 2.05. The molecule has 0 unspecified atom stereocenters. The number of aromatic nitrogens is 1. The van der Waals surface area contributed by atoms with Crippen molar-refractivity contribution in [1.82, 2.24) is 10.3 Å². The van der Waals surface area contributed by atoms with Crippen molar-refractivity contribution >= 4 is 11.9 Å². The van der Waals surface area contributed by atoms with E-state index in [1.165, 1.54) is 6.20 Å². The van der Waals surface area contributed by atoms with Gasteiger partial charge in [0.2, 0.25) is 0 Å². The lowest BCUT2D eigenvalue weighted by Gasteiger charge is -2.17. The average molecular weight is 288 g/mol. The number of carbonyl (C=O) groups excluding carboxylic acids is 2. The van der Waals surface area contributed by atoms with Crippen LogP contribution in [0.3, 0.4) is 0 Å². The van der Waals surface area contributed by atoms with Crippen molar-refractivity contribution < 1.29 is 14.3 Å². The van der Waals surface area contributed by atoms with E-state index in [1.54, 1.807) is 25.3 Å². The third kappa shape index (κ3) is 4.70. The van der Waals surface area contributed by atoms with Crippen LogP contribution < -0.4 is 5.32 Å². The highest BCUT2D eigenvalue weighted by molar-refractivity contribution is 5.93. The quantitative estimate of drug-likeness (QED) is 0.844.